The van der Waals surface area contributed by atoms with Gasteiger partial charge in [0, 0.05) is 17.8 Å². The van der Waals surface area contributed by atoms with Gasteiger partial charge in [-0.1, -0.05) is 12.1 Å². The number of nitrogens with zero attached hydrogens (tertiary/aromatic N) is 3. The van der Waals surface area contributed by atoms with Crippen molar-refractivity contribution in [1.82, 2.24) is 19.7 Å². The second-order valence-corrected chi connectivity index (χ2v) is 6.53. The van der Waals surface area contributed by atoms with E-state index in [1.54, 1.807) is 36.4 Å². The van der Waals surface area contributed by atoms with Crippen LogP contribution in [0.5, 0.6) is 5.75 Å². The normalized spacial score (nSPS) is 10.7. The molecule has 0 bridgehead atoms. The Kier molecular flexibility index (Phi) is 5.06. The number of anilines is 1. The molecule has 11 heteroatoms. The molecule has 0 saturated carbocycles. The van der Waals surface area contributed by atoms with Crippen LogP contribution in [0.2, 0.25) is 0 Å². The number of aromatic nitrogens is 4. The van der Waals surface area contributed by atoms with E-state index in [2.05, 4.69) is 25.1 Å². The predicted octanol–water partition coefficient (Wildman–Crippen LogP) is 1.88. The minimum atomic E-state index is -1.47. The predicted molar refractivity (Wildman–Crippen MR) is 110 cm³/mol. The molecule has 0 atom stereocenters. The van der Waals surface area contributed by atoms with E-state index >= 15 is 0 Å². The summed E-state index contributed by atoms with van der Waals surface area (Å²) in [5, 5.41) is 16.1. The van der Waals surface area contributed by atoms with E-state index in [-0.39, 0.29) is 11.7 Å². The lowest BCUT2D eigenvalue weighted by Crippen LogP contribution is -2.14. The van der Waals surface area contributed by atoms with Crippen LogP contribution in [0, 0.1) is 0 Å². The van der Waals surface area contributed by atoms with Crippen LogP contribution >= 0.6 is 0 Å². The molecule has 2 aromatic carbocycles. The molecule has 0 aliphatic rings. The number of hydrogen-bond acceptors (Lipinski definition) is 7. The molecule has 0 aliphatic heterocycles. The van der Waals surface area contributed by atoms with Crippen molar-refractivity contribution in [2.75, 3.05) is 5.32 Å². The highest BCUT2D eigenvalue weighted by Crippen LogP contribution is 2.18. The number of rotatable bonds is 6. The quantitative estimate of drug-likeness (QED) is 0.343. The number of carbonyl (C=O) groups excluding carboxylic acids is 1. The van der Waals surface area contributed by atoms with Crippen molar-refractivity contribution in [3.63, 3.8) is 0 Å². The number of benzene rings is 2. The highest BCUT2D eigenvalue weighted by atomic mass is 16.7. The van der Waals surface area contributed by atoms with Crippen molar-refractivity contribution in [3.05, 3.63) is 76.3 Å². The Hall–Kier alpha value is -4.67. The first kappa shape index (κ1) is 19.6. The van der Waals surface area contributed by atoms with Gasteiger partial charge < -0.3 is 20.9 Å². The molecule has 2 heterocycles. The van der Waals surface area contributed by atoms with E-state index < -0.39 is 17.6 Å². The van der Waals surface area contributed by atoms with Crippen LogP contribution in [-0.2, 0) is 6.54 Å². The maximum atomic E-state index is 12.6. The van der Waals surface area contributed by atoms with E-state index in [1.165, 1.54) is 17.1 Å². The largest absolute Gasteiger partial charge is 0.511 e. The fourth-order valence-corrected chi connectivity index (χ4v) is 2.96. The van der Waals surface area contributed by atoms with Gasteiger partial charge in [-0.15, -0.1) is 0 Å². The number of nitrogens with one attached hydrogen (secondary N) is 2. The Balaban J connectivity index is 1.56. The summed E-state index contributed by atoms with van der Waals surface area (Å²) in [6, 6.07) is 12.0. The van der Waals surface area contributed by atoms with Crippen molar-refractivity contribution in [2.45, 2.75) is 6.54 Å². The minimum absolute atomic E-state index is 0.00445. The van der Waals surface area contributed by atoms with Crippen LogP contribution in [0.4, 0.5) is 10.5 Å². The van der Waals surface area contributed by atoms with Gasteiger partial charge in [0.1, 0.15) is 0 Å². The van der Waals surface area contributed by atoms with Gasteiger partial charge in [-0.3, -0.25) is 14.6 Å². The van der Waals surface area contributed by atoms with Crippen molar-refractivity contribution in [1.29, 1.82) is 0 Å². The summed E-state index contributed by atoms with van der Waals surface area (Å²) in [5.41, 5.74) is 7.30. The van der Waals surface area contributed by atoms with E-state index in [0.717, 1.165) is 5.56 Å². The highest BCUT2D eigenvalue weighted by molar-refractivity contribution is 5.92. The molecule has 0 unspecified atom stereocenters. The van der Waals surface area contributed by atoms with Crippen molar-refractivity contribution >= 4 is 28.7 Å². The maximum Gasteiger partial charge on any atom is 0.511 e. The van der Waals surface area contributed by atoms with Crippen LogP contribution in [0.25, 0.3) is 16.9 Å². The van der Waals surface area contributed by atoms with Crippen LogP contribution in [0.1, 0.15) is 15.9 Å². The smallest absolute Gasteiger partial charge is 0.449 e. The first-order valence-electron chi connectivity index (χ1n) is 9.01. The van der Waals surface area contributed by atoms with E-state index in [1.807, 2.05) is 6.07 Å². The molecule has 5 N–H and O–H groups in total. The van der Waals surface area contributed by atoms with Gasteiger partial charge in [0.2, 0.25) is 11.9 Å². The Bertz CT molecular complexity index is 1360. The van der Waals surface area contributed by atoms with Crippen molar-refractivity contribution in [3.8, 4) is 11.7 Å². The summed E-state index contributed by atoms with van der Waals surface area (Å²) >= 11 is 0. The number of carbonyl (C=O) groups is 2. The number of hydrogen-bond donors (Lipinski definition) is 4. The molecule has 0 aliphatic carbocycles. The average Bonchev–Trinajstić information content (AvgIpc) is 3.20. The first-order valence-corrected chi connectivity index (χ1v) is 9.01. The monoisotopic (exact) mass is 420 g/mol. The molecular weight excluding hydrogens is 404 g/mol. The molecule has 2 aromatic heterocycles. The number of fused-ring (bicyclic) bond motifs is 1. The zero-order valence-electron chi connectivity index (χ0n) is 15.9. The Morgan fingerprint density at radius 3 is 2.84 bits per heavy atom. The SMILES string of the molecule is NC(=O)c1cccc(CNc2ccc3nc(-n4cc(OC(=O)O)cn4)[nH]c(=O)c3c2)c1. The number of H-pyrrole nitrogens is 1. The van der Waals surface area contributed by atoms with E-state index in [4.69, 9.17) is 10.8 Å². The number of carboxylic acid groups (broad SMARTS) is 1. The lowest BCUT2D eigenvalue weighted by atomic mass is 10.1. The zero-order valence-corrected chi connectivity index (χ0v) is 15.9. The first-order chi connectivity index (χ1) is 14.9. The molecule has 1 amide bonds. The molecule has 11 nitrogen and oxygen atoms in total. The van der Waals surface area contributed by atoms with Crippen LogP contribution in [0.15, 0.2) is 59.7 Å². The molecule has 156 valence electrons. The summed E-state index contributed by atoms with van der Waals surface area (Å²) in [5.74, 6) is -0.392. The molecule has 0 radical (unpaired) electrons. The van der Waals surface area contributed by atoms with Gasteiger partial charge in [0.05, 0.1) is 23.3 Å². The summed E-state index contributed by atoms with van der Waals surface area (Å²) < 4.78 is 5.72. The molecule has 0 fully saturated rings. The van der Waals surface area contributed by atoms with Crippen LogP contribution in [0.3, 0.4) is 0 Å². The van der Waals surface area contributed by atoms with Gasteiger partial charge >= 0.3 is 6.16 Å². The van der Waals surface area contributed by atoms with Crippen molar-refractivity contribution in [2.24, 2.45) is 5.73 Å². The van der Waals surface area contributed by atoms with E-state index in [0.29, 0.717) is 28.7 Å². The third-order valence-electron chi connectivity index (χ3n) is 4.38. The maximum absolute atomic E-state index is 12.6. The van der Waals surface area contributed by atoms with E-state index in [9.17, 15) is 14.4 Å². The second-order valence-electron chi connectivity index (χ2n) is 6.53. The molecule has 0 saturated heterocycles. The van der Waals surface area contributed by atoms with Gasteiger partial charge in [-0.05, 0) is 35.9 Å². The minimum Gasteiger partial charge on any atom is -0.449 e. The fraction of sp³-hybridized carbons (Fsp3) is 0.0500. The summed E-state index contributed by atoms with van der Waals surface area (Å²) in [7, 11) is 0. The molecular formula is C20H16N6O5. The molecule has 4 rings (SSSR count). The standard InChI is InChI=1S/C20H16N6O5/c21-17(27)12-3-1-2-11(6-12)8-22-13-4-5-16-15(7-13)18(28)25-19(24-16)26-10-14(9-23-26)31-20(29)30/h1-7,9-10,22H,8H2,(H2,21,27)(H,29,30)(H,24,25,28). The average molecular weight is 420 g/mol. The fourth-order valence-electron chi connectivity index (χ4n) is 2.96. The lowest BCUT2D eigenvalue weighted by Gasteiger charge is -2.09. The van der Waals surface area contributed by atoms with Gasteiger partial charge in [-0.25, -0.2) is 14.5 Å². The molecule has 0 spiro atoms. The number of primary amides is 1. The topological polar surface area (TPSA) is 165 Å². The second kappa shape index (κ2) is 7.99. The molecule has 31 heavy (non-hydrogen) atoms. The summed E-state index contributed by atoms with van der Waals surface area (Å²) in [6.45, 7) is 0.426. The van der Waals surface area contributed by atoms with Crippen LogP contribution in [-0.4, -0.2) is 36.9 Å². The van der Waals surface area contributed by atoms with Crippen molar-refractivity contribution < 1.29 is 19.4 Å². The molecule has 4 aromatic rings. The zero-order chi connectivity index (χ0) is 22.0. The third-order valence-corrected chi connectivity index (χ3v) is 4.38. The number of ether oxygens (including phenoxy) is 1. The number of amides is 1. The number of nitrogens with two attached hydrogens (primary N) is 1. The summed E-state index contributed by atoms with van der Waals surface area (Å²) in [6.07, 6.45) is 1.01. The number of aromatic amines is 1. The summed E-state index contributed by atoms with van der Waals surface area (Å²) in [4.78, 5) is 41.4. The Morgan fingerprint density at radius 2 is 2.06 bits per heavy atom. The van der Waals surface area contributed by atoms with Gasteiger partial charge in [0.25, 0.3) is 5.56 Å². The Morgan fingerprint density at radius 1 is 1.23 bits per heavy atom. The lowest BCUT2D eigenvalue weighted by molar-refractivity contribution is 0.1000. The Labute approximate surface area is 174 Å². The third kappa shape index (κ3) is 4.34. The highest BCUT2D eigenvalue weighted by Gasteiger charge is 2.10. The van der Waals surface area contributed by atoms with Crippen LogP contribution < -0.4 is 21.3 Å². The van der Waals surface area contributed by atoms with Gasteiger partial charge in [0.15, 0.2) is 5.75 Å². The van der Waals surface area contributed by atoms with Gasteiger partial charge in [-0.2, -0.15) is 5.10 Å².